The summed E-state index contributed by atoms with van der Waals surface area (Å²) >= 11 is 0. The quantitative estimate of drug-likeness (QED) is 0.882. The SMILES string of the molecule is CC1(C)OC(=O)N(CCc2c[nH]c3c(C(F)(F)F)cccc23)[C@@]1(C)O. The molecule has 0 bridgehead atoms. The van der Waals surface area contributed by atoms with Crippen molar-refractivity contribution < 1.29 is 27.8 Å². The van der Waals surface area contributed by atoms with E-state index in [1.54, 1.807) is 19.9 Å². The molecule has 8 heteroatoms. The fourth-order valence-electron chi connectivity index (χ4n) is 3.07. The van der Waals surface area contributed by atoms with Gasteiger partial charge in [0.2, 0.25) is 0 Å². The van der Waals surface area contributed by atoms with Crippen molar-refractivity contribution in [2.24, 2.45) is 0 Å². The lowest BCUT2D eigenvalue weighted by Gasteiger charge is -2.34. The molecule has 2 aromatic rings. The molecular formula is C17H19F3N2O3. The van der Waals surface area contributed by atoms with Crippen molar-refractivity contribution in [1.82, 2.24) is 9.88 Å². The number of aliphatic hydroxyl groups is 1. The number of H-pyrrole nitrogens is 1. The van der Waals surface area contributed by atoms with Crippen LogP contribution in [-0.4, -0.2) is 39.0 Å². The minimum absolute atomic E-state index is 0.0149. The Hall–Kier alpha value is -2.22. The molecule has 0 saturated carbocycles. The van der Waals surface area contributed by atoms with E-state index in [0.29, 0.717) is 10.9 Å². The number of carbonyl (C=O) groups excluding carboxylic acids is 1. The fraction of sp³-hybridized carbons (Fsp3) is 0.471. The van der Waals surface area contributed by atoms with Gasteiger partial charge in [0.1, 0.15) is 0 Å². The molecule has 1 atom stereocenters. The summed E-state index contributed by atoms with van der Waals surface area (Å²) in [7, 11) is 0. The Morgan fingerprint density at radius 1 is 1.28 bits per heavy atom. The number of cyclic esters (lactones) is 1. The second-order valence-corrected chi connectivity index (χ2v) is 6.84. The number of aromatic nitrogens is 1. The second-order valence-electron chi connectivity index (χ2n) is 6.84. The van der Waals surface area contributed by atoms with Gasteiger partial charge in [0, 0.05) is 18.1 Å². The van der Waals surface area contributed by atoms with Gasteiger partial charge < -0.3 is 14.8 Å². The molecule has 0 spiro atoms. The Balaban J connectivity index is 1.87. The highest BCUT2D eigenvalue weighted by Crippen LogP contribution is 2.38. The first-order chi connectivity index (χ1) is 11.4. The zero-order chi connectivity index (χ0) is 18.6. The van der Waals surface area contributed by atoms with Gasteiger partial charge in [0.25, 0.3) is 0 Å². The molecule has 3 rings (SSSR count). The van der Waals surface area contributed by atoms with E-state index in [9.17, 15) is 23.1 Å². The van der Waals surface area contributed by atoms with Crippen molar-refractivity contribution in [3.8, 4) is 0 Å². The Labute approximate surface area is 142 Å². The monoisotopic (exact) mass is 356 g/mol. The zero-order valence-corrected chi connectivity index (χ0v) is 14.1. The number of rotatable bonds is 3. The number of nitrogens with zero attached hydrogens (tertiary/aromatic N) is 1. The molecule has 136 valence electrons. The van der Waals surface area contributed by atoms with E-state index < -0.39 is 29.2 Å². The highest BCUT2D eigenvalue weighted by Gasteiger charge is 2.56. The maximum absolute atomic E-state index is 13.1. The number of amides is 1. The maximum Gasteiger partial charge on any atom is 0.418 e. The maximum atomic E-state index is 13.1. The van der Waals surface area contributed by atoms with Crippen LogP contribution in [0, 0.1) is 0 Å². The average Bonchev–Trinajstić information content (AvgIpc) is 2.94. The fourth-order valence-corrected chi connectivity index (χ4v) is 3.07. The van der Waals surface area contributed by atoms with Gasteiger partial charge in [0.15, 0.2) is 11.3 Å². The first-order valence-electron chi connectivity index (χ1n) is 7.84. The lowest BCUT2D eigenvalue weighted by molar-refractivity contribution is -0.136. The van der Waals surface area contributed by atoms with E-state index >= 15 is 0 Å². The second kappa shape index (κ2) is 5.39. The number of alkyl halides is 3. The van der Waals surface area contributed by atoms with Gasteiger partial charge in [-0.05, 0) is 38.8 Å². The molecule has 1 saturated heterocycles. The molecule has 1 aliphatic rings. The topological polar surface area (TPSA) is 65.6 Å². The summed E-state index contributed by atoms with van der Waals surface area (Å²) in [6.07, 6.45) is -3.32. The number of aromatic amines is 1. The minimum atomic E-state index is -4.45. The molecule has 25 heavy (non-hydrogen) atoms. The van der Waals surface area contributed by atoms with E-state index in [2.05, 4.69) is 4.98 Å². The van der Waals surface area contributed by atoms with Crippen LogP contribution < -0.4 is 0 Å². The third kappa shape index (κ3) is 2.74. The highest BCUT2D eigenvalue weighted by atomic mass is 19.4. The predicted molar refractivity (Wildman–Crippen MR) is 84.9 cm³/mol. The number of hydrogen-bond acceptors (Lipinski definition) is 3. The largest absolute Gasteiger partial charge is 0.438 e. The van der Waals surface area contributed by atoms with Crippen LogP contribution >= 0.6 is 0 Å². The summed E-state index contributed by atoms with van der Waals surface area (Å²) in [6, 6.07) is 3.97. The van der Waals surface area contributed by atoms with Gasteiger partial charge in [0.05, 0.1) is 11.1 Å². The van der Waals surface area contributed by atoms with Gasteiger partial charge in [-0.3, -0.25) is 4.90 Å². The molecule has 1 aromatic carbocycles. The number of benzene rings is 1. The number of hydrogen-bond donors (Lipinski definition) is 2. The number of halogens is 3. The number of nitrogens with one attached hydrogen (secondary N) is 1. The average molecular weight is 356 g/mol. The van der Waals surface area contributed by atoms with E-state index in [1.165, 1.54) is 24.1 Å². The highest BCUT2D eigenvalue weighted by molar-refractivity contribution is 5.86. The number of carbonyl (C=O) groups is 1. The Kier molecular flexibility index (Phi) is 3.79. The van der Waals surface area contributed by atoms with E-state index in [4.69, 9.17) is 4.74 Å². The summed E-state index contributed by atoms with van der Waals surface area (Å²) in [5.41, 5.74) is -2.67. The summed E-state index contributed by atoms with van der Waals surface area (Å²) in [5, 5.41) is 11.0. The zero-order valence-electron chi connectivity index (χ0n) is 14.1. The third-order valence-electron chi connectivity index (χ3n) is 4.94. The lowest BCUT2D eigenvalue weighted by atomic mass is 9.95. The molecule has 0 radical (unpaired) electrons. The van der Waals surface area contributed by atoms with Crippen LogP contribution in [0.1, 0.15) is 31.9 Å². The molecule has 1 fully saturated rings. The van der Waals surface area contributed by atoms with Gasteiger partial charge >= 0.3 is 12.3 Å². The molecule has 5 nitrogen and oxygen atoms in total. The van der Waals surface area contributed by atoms with Crippen LogP contribution in [0.5, 0.6) is 0 Å². The van der Waals surface area contributed by atoms with Gasteiger partial charge in [-0.25, -0.2) is 4.79 Å². The van der Waals surface area contributed by atoms with Crippen LogP contribution in [0.4, 0.5) is 18.0 Å². The molecule has 1 aliphatic heterocycles. The predicted octanol–water partition coefficient (Wildman–Crippen LogP) is 3.67. The van der Waals surface area contributed by atoms with Crippen LogP contribution in [0.2, 0.25) is 0 Å². The molecule has 2 heterocycles. The smallest absolute Gasteiger partial charge is 0.418 e. The van der Waals surface area contributed by atoms with Crippen LogP contribution in [0.3, 0.4) is 0 Å². The van der Waals surface area contributed by atoms with Crippen molar-refractivity contribution in [1.29, 1.82) is 0 Å². The number of para-hydroxylation sites is 1. The molecular weight excluding hydrogens is 337 g/mol. The standard InChI is InChI=1S/C17H19F3N2O3/c1-15(2)16(3,24)22(14(23)25-15)8-7-10-9-21-13-11(10)5-4-6-12(13)17(18,19)20/h4-6,9,21,24H,7-8H2,1-3H3/t16-/m0/s1. The van der Waals surface area contributed by atoms with Gasteiger partial charge in [-0.15, -0.1) is 0 Å². The van der Waals surface area contributed by atoms with E-state index in [-0.39, 0.29) is 18.5 Å². The molecule has 1 amide bonds. The Morgan fingerprint density at radius 2 is 1.96 bits per heavy atom. The first kappa shape index (κ1) is 17.6. The minimum Gasteiger partial charge on any atom is -0.438 e. The summed E-state index contributed by atoms with van der Waals surface area (Å²) < 4.78 is 44.4. The Morgan fingerprint density at radius 3 is 2.52 bits per heavy atom. The van der Waals surface area contributed by atoms with Crippen molar-refractivity contribution >= 4 is 17.0 Å². The molecule has 2 N–H and O–H groups in total. The number of fused-ring (bicyclic) bond motifs is 1. The molecule has 1 aromatic heterocycles. The van der Waals surface area contributed by atoms with Gasteiger partial charge in [-0.1, -0.05) is 12.1 Å². The van der Waals surface area contributed by atoms with Crippen LogP contribution in [-0.2, 0) is 17.3 Å². The number of ether oxygens (including phenoxy) is 1. The molecule has 0 aliphatic carbocycles. The van der Waals surface area contributed by atoms with Crippen LogP contribution in [0.15, 0.2) is 24.4 Å². The van der Waals surface area contributed by atoms with Crippen molar-refractivity contribution in [2.45, 2.75) is 44.7 Å². The van der Waals surface area contributed by atoms with Gasteiger partial charge in [-0.2, -0.15) is 13.2 Å². The van der Waals surface area contributed by atoms with Crippen molar-refractivity contribution in [2.75, 3.05) is 6.54 Å². The first-order valence-corrected chi connectivity index (χ1v) is 7.84. The summed E-state index contributed by atoms with van der Waals surface area (Å²) in [5.74, 6) is 0. The van der Waals surface area contributed by atoms with Crippen molar-refractivity contribution in [3.05, 3.63) is 35.5 Å². The molecule has 0 unspecified atom stereocenters. The van der Waals surface area contributed by atoms with E-state index in [0.717, 1.165) is 6.07 Å². The lowest BCUT2D eigenvalue weighted by Crippen LogP contribution is -2.54. The van der Waals surface area contributed by atoms with Crippen LogP contribution in [0.25, 0.3) is 10.9 Å². The van der Waals surface area contributed by atoms with Crippen molar-refractivity contribution in [3.63, 3.8) is 0 Å². The Bertz CT molecular complexity index is 824. The normalized spacial score (nSPS) is 23.3. The summed E-state index contributed by atoms with van der Waals surface area (Å²) in [6.45, 7) is 4.81. The van der Waals surface area contributed by atoms with E-state index in [1.807, 2.05) is 0 Å². The summed E-state index contributed by atoms with van der Waals surface area (Å²) in [4.78, 5) is 15.9. The third-order valence-corrected chi connectivity index (χ3v) is 4.94.